The maximum Gasteiger partial charge on any atom is 0.190 e. The lowest BCUT2D eigenvalue weighted by Crippen LogP contribution is -2.47. The zero-order chi connectivity index (χ0) is 13.4. The van der Waals surface area contributed by atoms with Crippen LogP contribution in [0.5, 0.6) is 0 Å². The number of methoxy groups -OCH3 is 1. The zero-order valence-electron chi connectivity index (χ0n) is 12.0. The molecular weight excluding hydrogens is 232 g/mol. The summed E-state index contributed by atoms with van der Waals surface area (Å²) in [5, 5.41) is 0. The normalized spacial score (nSPS) is 28.2. The summed E-state index contributed by atoms with van der Waals surface area (Å²) in [6.45, 7) is 7.56. The molecule has 0 spiro atoms. The van der Waals surface area contributed by atoms with Crippen LogP contribution in [-0.2, 0) is 18.9 Å². The van der Waals surface area contributed by atoms with E-state index in [1.54, 1.807) is 13.4 Å². The van der Waals surface area contributed by atoms with E-state index in [2.05, 4.69) is 6.92 Å². The Morgan fingerprint density at radius 3 is 2.83 bits per heavy atom. The van der Waals surface area contributed by atoms with E-state index in [0.29, 0.717) is 6.61 Å². The molecule has 1 unspecified atom stereocenters. The Hall–Kier alpha value is -0.580. The maximum absolute atomic E-state index is 5.77. The summed E-state index contributed by atoms with van der Waals surface area (Å²) in [5.74, 6) is 0. The molecule has 0 bridgehead atoms. The van der Waals surface area contributed by atoms with Gasteiger partial charge in [0.1, 0.15) is 5.60 Å². The highest BCUT2D eigenvalue weighted by Gasteiger charge is 2.37. The van der Waals surface area contributed by atoms with Crippen LogP contribution in [0, 0.1) is 0 Å². The molecule has 1 aliphatic heterocycles. The molecule has 0 aromatic rings. The summed E-state index contributed by atoms with van der Waals surface area (Å²) >= 11 is 0. The van der Waals surface area contributed by atoms with Crippen molar-refractivity contribution in [2.45, 2.75) is 58.0 Å². The molecule has 1 saturated heterocycles. The molecule has 1 fully saturated rings. The monoisotopic (exact) mass is 258 g/mol. The molecule has 0 amide bonds. The average Bonchev–Trinajstić information content (AvgIpc) is 2.38. The van der Waals surface area contributed by atoms with Crippen LogP contribution in [0.2, 0.25) is 0 Å². The first-order chi connectivity index (χ1) is 8.62. The van der Waals surface area contributed by atoms with Gasteiger partial charge < -0.3 is 18.9 Å². The summed E-state index contributed by atoms with van der Waals surface area (Å²) in [6.07, 6.45) is 6.48. The summed E-state index contributed by atoms with van der Waals surface area (Å²) in [7, 11) is 1.66. The fourth-order valence-corrected chi connectivity index (χ4v) is 1.68. The molecule has 0 radical (unpaired) electrons. The quantitative estimate of drug-likeness (QED) is 0.520. The van der Waals surface area contributed by atoms with E-state index in [1.165, 1.54) is 0 Å². The molecule has 3 atom stereocenters. The van der Waals surface area contributed by atoms with Gasteiger partial charge in [-0.1, -0.05) is 13.3 Å². The van der Waals surface area contributed by atoms with Crippen LogP contribution < -0.4 is 0 Å². The van der Waals surface area contributed by atoms with Crippen molar-refractivity contribution in [1.82, 2.24) is 0 Å². The third kappa shape index (κ3) is 4.59. The van der Waals surface area contributed by atoms with Crippen molar-refractivity contribution in [1.29, 1.82) is 0 Å². The molecular formula is C14H26O4. The summed E-state index contributed by atoms with van der Waals surface area (Å²) in [5.41, 5.74) is -0.610. The number of hydrogen-bond donors (Lipinski definition) is 0. The minimum atomic E-state index is -0.610. The molecule has 106 valence electrons. The summed E-state index contributed by atoms with van der Waals surface area (Å²) in [6, 6.07) is 0. The number of ether oxygens (including phenoxy) is 4. The van der Waals surface area contributed by atoms with Gasteiger partial charge in [-0.25, -0.2) is 0 Å². The third-order valence-electron chi connectivity index (χ3n) is 3.17. The van der Waals surface area contributed by atoms with Gasteiger partial charge in [0.2, 0.25) is 0 Å². The van der Waals surface area contributed by atoms with Crippen molar-refractivity contribution >= 4 is 0 Å². The minimum absolute atomic E-state index is 0.202. The van der Waals surface area contributed by atoms with E-state index in [-0.39, 0.29) is 12.4 Å². The van der Waals surface area contributed by atoms with Gasteiger partial charge in [-0.2, -0.15) is 0 Å². The van der Waals surface area contributed by atoms with E-state index >= 15 is 0 Å². The van der Waals surface area contributed by atoms with Crippen LogP contribution in [-0.4, -0.2) is 38.3 Å². The van der Waals surface area contributed by atoms with Gasteiger partial charge in [0.25, 0.3) is 0 Å². The van der Waals surface area contributed by atoms with E-state index < -0.39 is 5.60 Å². The second kappa shape index (κ2) is 7.77. The third-order valence-corrected chi connectivity index (χ3v) is 3.17. The van der Waals surface area contributed by atoms with Crippen molar-refractivity contribution in [3.05, 3.63) is 12.3 Å². The smallest absolute Gasteiger partial charge is 0.190 e. The lowest BCUT2D eigenvalue weighted by molar-refractivity contribution is -0.269. The highest BCUT2D eigenvalue weighted by atomic mass is 16.7. The van der Waals surface area contributed by atoms with Crippen LogP contribution in [0.3, 0.4) is 0 Å². The Kier molecular flexibility index (Phi) is 6.68. The predicted molar refractivity (Wildman–Crippen MR) is 70.3 cm³/mol. The Labute approximate surface area is 110 Å². The fraction of sp³-hybridized carbons (Fsp3) is 0.857. The van der Waals surface area contributed by atoms with Crippen LogP contribution in [0.1, 0.15) is 40.0 Å². The van der Waals surface area contributed by atoms with Gasteiger partial charge in [-0.3, -0.25) is 0 Å². The number of hydrogen-bond acceptors (Lipinski definition) is 4. The molecule has 0 aromatic carbocycles. The van der Waals surface area contributed by atoms with Crippen molar-refractivity contribution in [2.75, 3.05) is 20.3 Å². The van der Waals surface area contributed by atoms with E-state index in [1.807, 2.05) is 19.9 Å². The topological polar surface area (TPSA) is 36.9 Å². The molecule has 0 saturated carbocycles. The molecule has 4 nitrogen and oxygen atoms in total. The molecule has 0 aromatic heterocycles. The SMILES string of the molecule is CCCCOC=CC(C)(OC)[C@H]1OCC[C@H](C)O1. The summed E-state index contributed by atoms with van der Waals surface area (Å²) < 4.78 is 22.3. The average molecular weight is 258 g/mol. The second-order valence-electron chi connectivity index (χ2n) is 4.85. The van der Waals surface area contributed by atoms with Gasteiger partial charge in [-0.05, 0) is 32.8 Å². The highest BCUT2D eigenvalue weighted by Crippen LogP contribution is 2.26. The van der Waals surface area contributed by atoms with Gasteiger partial charge in [0.05, 0.1) is 25.6 Å². The first kappa shape index (κ1) is 15.5. The minimum Gasteiger partial charge on any atom is -0.501 e. The lowest BCUT2D eigenvalue weighted by Gasteiger charge is -2.38. The van der Waals surface area contributed by atoms with Crippen LogP contribution in [0.4, 0.5) is 0 Å². The van der Waals surface area contributed by atoms with E-state index in [9.17, 15) is 0 Å². The van der Waals surface area contributed by atoms with Crippen molar-refractivity contribution < 1.29 is 18.9 Å². The molecule has 1 rings (SSSR count). The highest BCUT2D eigenvalue weighted by molar-refractivity contribution is 5.00. The number of rotatable bonds is 7. The van der Waals surface area contributed by atoms with Crippen LogP contribution in [0.25, 0.3) is 0 Å². The first-order valence-electron chi connectivity index (χ1n) is 6.74. The van der Waals surface area contributed by atoms with E-state index in [4.69, 9.17) is 18.9 Å². The van der Waals surface area contributed by atoms with Crippen molar-refractivity contribution in [3.8, 4) is 0 Å². The molecule has 4 heteroatoms. The Morgan fingerprint density at radius 1 is 1.44 bits per heavy atom. The van der Waals surface area contributed by atoms with E-state index in [0.717, 1.165) is 25.9 Å². The molecule has 1 aliphatic rings. The zero-order valence-corrected chi connectivity index (χ0v) is 12.0. The van der Waals surface area contributed by atoms with Crippen LogP contribution >= 0.6 is 0 Å². The molecule has 0 aliphatic carbocycles. The Morgan fingerprint density at radius 2 is 2.22 bits per heavy atom. The largest absolute Gasteiger partial charge is 0.501 e. The lowest BCUT2D eigenvalue weighted by atomic mass is 10.1. The van der Waals surface area contributed by atoms with Crippen molar-refractivity contribution in [3.63, 3.8) is 0 Å². The van der Waals surface area contributed by atoms with Gasteiger partial charge in [0.15, 0.2) is 6.29 Å². The summed E-state index contributed by atoms with van der Waals surface area (Å²) in [4.78, 5) is 0. The van der Waals surface area contributed by atoms with Crippen LogP contribution in [0.15, 0.2) is 12.3 Å². The molecule has 1 heterocycles. The Bertz CT molecular complexity index is 254. The predicted octanol–water partition coefficient (Wildman–Crippen LogP) is 2.87. The molecule has 0 N–H and O–H groups in total. The number of unbranched alkanes of at least 4 members (excludes halogenated alkanes) is 1. The first-order valence-corrected chi connectivity index (χ1v) is 6.74. The van der Waals surface area contributed by atoms with Gasteiger partial charge >= 0.3 is 0 Å². The fourth-order valence-electron chi connectivity index (χ4n) is 1.68. The Balaban J connectivity index is 2.49. The van der Waals surface area contributed by atoms with Gasteiger partial charge in [-0.15, -0.1) is 0 Å². The van der Waals surface area contributed by atoms with Crippen molar-refractivity contribution in [2.24, 2.45) is 0 Å². The van der Waals surface area contributed by atoms with Gasteiger partial charge in [0, 0.05) is 7.11 Å². The standard InChI is InChI=1S/C14H26O4/c1-5-6-9-16-11-8-14(3,15-4)13-17-10-7-12(2)18-13/h8,11-13H,5-7,9-10H2,1-4H3/t12-,13-,14?/m0/s1. The molecule has 18 heavy (non-hydrogen) atoms. The second-order valence-corrected chi connectivity index (χ2v) is 4.85. The maximum atomic E-state index is 5.77.